The van der Waals surface area contributed by atoms with Crippen LogP contribution in [0, 0.1) is 6.92 Å². The summed E-state index contributed by atoms with van der Waals surface area (Å²) in [4.78, 5) is 27.2. The van der Waals surface area contributed by atoms with Crippen molar-refractivity contribution in [1.82, 2.24) is 24.9 Å². The van der Waals surface area contributed by atoms with Crippen molar-refractivity contribution in [3.63, 3.8) is 0 Å². The van der Waals surface area contributed by atoms with Gasteiger partial charge in [-0.3, -0.25) is 9.36 Å². The number of nitrogens with zero attached hydrogens (tertiary/aromatic N) is 4. The molecule has 0 aliphatic rings. The van der Waals surface area contributed by atoms with Crippen LogP contribution in [0.3, 0.4) is 0 Å². The van der Waals surface area contributed by atoms with Gasteiger partial charge >= 0.3 is 6.09 Å². The number of amides is 1. The fourth-order valence-electron chi connectivity index (χ4n) is 3.68. The lowest BCUT2D eigenvalue weighted by Crippen LogP contribution is -2.27. The molecule has 0 fully saturated rings. The van der Waals surface area contributed by atoms with Crippen molar-refractivity contribution in [2.24, 2.45) is 0 Å². The van der Waals surface area contributed by atoms with Gasteiger partial charge in [0.05, 0.1) is 29.2 Å². The second-order valence-corrected chi connectivity index (χ2v) is 9.45. The highest BCUT2D eigenvalue weighted by Crippen LogP contribution is 2.26. The van der Waals surface area contributed by atoms with Crippen molar-refractivity contribution in [2.45, 2.75) is 39.7 Å². The minimum Gasteiger partial charge on any atom is -0.443 e. The molecule has 0 saturated carbocycles. The Balaban J connectivity index is 1.54. The predicted molar refractivity (Wildman–Crippen MR) is 131 cm³/mol. The van der Waals surface area contributed by atoms with E-state index in [1.165, 1.54) is 9.36 Å². The molecule has 0 aliphatic carbocycles. The minimum atomic E-state index is -0.630. The van der Waals surface area contributed by atoms with Gasteiger partial charge in [0.25, 0.3) is 5.91 Å². The van der Waals surface area contributed by atoms with Gasteiger partial charge in [-0.15, -0.1) is 0 Å². The number of fused-ring (bicyclic) bond motifs is 1. The van der Waals surface area contributed by atoms with Crippen LogP contribution in [-0.2, 0) is 11.2 Å². The number of hydrogen-bond acceptors (Lipinski definition) is 5. The molecule has 2 heterocycles. The topological polar surface area (TPSA) is 91.0 Å². The third-order valence-corrected chi connectivity index (χ3v) is 5.39. The molecule has 34 heavy (non-hydrogen) atoms. The molecule has 4 aromatic rings. The van der Waals surface area contributed by atoms with Gasteiger partial charge in [0.15, 0.2) is 0 Å². The third kappa shape index (κ3) is 5.12. The van der Waals surface area contributed by atoms with E-state index < -0.39 is 11.7 Å². The molecular formula is C25H26ClN5O3. The second-order valence-electron chi connectivity index (χ2n) is 9.01. The molecular weight excluding hydrogens is 454 g/mol. The van der Waals surface area contributed by atoms with Gasteiger partial charge < -0.3 is 10.1 Å². The molecule has 0 aliphatic heterocycles. The zero-order valence-corrected chi connectivity index (χ0v) is 20.3. The van der Waals surface area contributed by atoms with Gasteiger partial charge in [0.2, 0.25) is 0 Å². The molecule has 8 nitrogen and oxygen atoms in total. The van der Waals surface area contributed by atoms with E-state index in [4.69, 9.17) is 16.3 Å². The average molecular weight is 480 g/mol. The Labute approximate surface area is 202 Å². The van der Waals surface area contributed by atoms with Crippen molar-refractivity contribution in [3.8, 4) is 5.69 Å². The zero-order chi connectivity index (χ0) is 24.5. The molecule has 176 valence electrons. The summed E-state index contributed by atoms with van der Waals surface area (Å²) in [5, 5.41) is 12.7. The van der Waals surface area contributed by atoms with Crippen LogP contribution in [0.1, 0.15) is 42.3 Å². The first kappa shape index (κ1) is 23.5. The van der Waals surface area contributed by atoms with E-state index in [0.29, 0.717) is 34.8 Å². The zero-order valence-electron chi connectivity index (χ0n) is 19.5. The molecule has 0 radical (unpaired) electrons. The lowest BCUT2D eigenvalue weighted by molar-refractivity contribution is 0.0544. The summed E-state index contributed by atoms with van der Waals surface area (Å²) in [6, 6.07) is 10.9. The maximum atomic E-state index is 13.0. The Morgan fingerprint density at radius 2 is 1.82 bits per heavy atom. The molecule has 0 unspecified atom stereocenters. The largest absolute Gasteiger partial charge is 0.443 e. The highest BCUT2D eigenvalue weighted by atomic mass is 35.5. The Morgan fingerprint density at radius 1 is 1.09 bits per heavy atom. The van der Waals surface area contributed by atoms with E-state index in [-0.39, 0.29) is 5.91 Å². The SMILES string of the molecule is Cc1ccc(-n2nccn2)c(C(=O)NCCc2cn(C(=O)OC(C)(C)C)c3cc(Cl)ccc23)c1. The van der Waals surface area contributed by atoms with E-state index in [0.717, 1.165) is 16.5 Å². The number of carbonyl (C=O) groups excluding carboxylic acids is 2. The molecule has 0 atom stereocenters. The molecule has 0 bridgehead atoms. The Morgan fingerprint density at radius 3 is 2.53 bits per heavy atom. The average Bonchev–Trinajstić information content (AvgIpc) is 3.41. The fraction of sp³-hybridized carbons (Fsp3) is 0.280. The van der Waals surface area contributed by atoms with E-state index in [1.54, 1.807) is 30.7 Å². The maximum Gasteiger partial charge on any atom is 0.419 e. The maximum absolute atomic E-state index is 13.0. The van der Waals surface area contributed by atoms with E-state index in [1.807, 2.05) is 52.0 Å². The highest BCUT2D eigenvalue weighted by Gasteiger charge is 2.21. The lowest BCUT2D eigenvalue weighted by Gasteiger charge is -2.19. The molecule has 0 spiro atoms. The minimum absolute atomic E-state index is 0.227. The van der Waals surface area contributed by atoms with Crippen molar-refractivity contribution in [2.75, 3.05) is 6.54 Å². The van der Waals surface area contributed by atoms with Crippen molar-refractivity contribution in [3.05, 3.63) is 76.7 Å². The quantitative estimate of drug-likeness (QED) is 0.437. The summed E-state index contributed by atoms with van der Waals surface area (Å²) < 4.78 is 7.01. The van der Waals surface area contributed by atoms with Crippen LogP contribution in [-0.4, -0.2) is 43.7 Å². The van der Waals surface area contributed by atoms with Gasteiger partial charge in [-0.2, -0.15) is 15.0 Å². The van der Waals surface area contributed by atoms with Gasteiger partial charge in [0.1, 0.15) is 5.60 Å². The van der Waals surface area contributed by atoms with Crippen LogP contribution in [0.4, 0.5) is 4.79 Å². The van der Waals surface area contributed by atoms with Crippen LogP contribution in [0.15, 0.2) is 55.0 Å². The lowest BCUT2D eigenvalue weighted by atomic mass is 10.1. The number of nitrogens with one attached hydrogen (secondary N) is 1. The van der Waals surface area contributed by atoms with E-state index in [9.17, 15) is 9.59 Å². The van der Waals surface area contributed by atoms with Crippen LogP contribution in [0.2, 0.25) is 5.02 Å². The smallest absolute Gasteiger partial charge is 0.419 e. The number of carbonyl (C=O) groups is 2. The third-order valence-electron chi connectivity index (χ3n) is 5.15. The molecule has 2 aromatic carbocycles. The normalized spacial score (nSPS) is 11.6. The number of halogens is 1. The van der Waals surface area contributed by atoms with Gasteiger partial charge in [0, 0.05) is 23.2 Å². The molecule has 9 heteroatoms. The van der Waals surface area contributed by atoms with Crippen LogP contribution in [0.25, 0.3) is 16.6 Å². The monoisotopic (exact) mass is 479 g/mol. The first-order valence-corrected chi connectivity index (χ1v) is 11.3. The Hall–Kier alpha value is -3.65. The Bertz CT molecular complexity index is 1350. The summed E-state index contributed by atoms with van der Waals surface area (Å²) in [5.74, 6) is -0.227. The predicted octanol–water partition coefficient (Wildman–Crippen LogP) is 4.94. The van der Waals surface area contributed by atoms with Crippen molar-refractivity contribution >= 4 is 34.5 Å². The fourth-order valence-corrected chi connectivity index (χ4v) is 3.85. The van der Waals surface area contributed by atoms with Crippen LogP contribution >= 0.6 is 11.6 Å². The first-order valence-electron chi connectivity index (χ1n) is 10.9. The molecule has 1 amide bonds. The number of aryl methyl sites for hydroxylation is 1. The standard InChI is InChI=1S/C25H26ClN5O3/c1-16-5-8-21(31-28-11-12-29-31)20(13-16)23(32)27-10-9-17-15-30(24(33)34-25(2,3)4)22-14-18(26)6-7-19(17)22/h5-8,11-15H,9-10H2,1-4H3,(H,27,32). The van der Waals surface area contributed by atoms with Crippen LogP contribution < -0.4 is 5.32 Å². The first-order chi connectivity index (χ1) is 16.1. The van der Waals surface area contributed by atoms with Crippen molar-refractivity contribution in [1.29, 1.82) is 0 Å². The summed E-state index contributed by atoms with van der Waals surface area (Å²) in [6.07, 6.45) is 4.90. The summed E-state index contributed by atoms with van der Waals surface area (Å²) >= 11 is 6.19. The number of ether oxygens (including phenoxy) is 1. The van der Waals surface area contributed by atoms with Gasteiger partial charge in [-0.05, 0) is 63.9 Å². The summed E-state index contributed by atoms with van der Waals surface area (Å²) in [6.45, 7) is 7.75. The van der Waals surface area contributed by atoms with Crippen LogP contribution in [0.5, 0.6) is 0 Å². The molecule has 1 N–H and O–H groups in total. The van der Waals surface area contributed by atoms with Gasteiger partial charge in [-0.1, -0.05) is 29.3 Å². The van der Waals surface area contributed by atoms with E-state index in [2.05, 4.69) is 15.5 Å². The highest BCUT2D eigenvalue weighted by molar-refractivity contribution is 6.31. The number of hydrogen-bond donors (Lipinski definition) is 1. The number of aromatic nitrogens is 4. The van der Waals surface area contributed by atoms with E-state index >= 15 is 0 Å². The second kappa shape index (κ2) is 9.30. The number of benzene rings is 2. The Kier molecular flexibility index (Phi) is 6.43. The summed E-state index contributed by atoms with van der Waals surface area (Å²) in [7, 11) is 0. The summed E-state index contributed by atoms with van der Waals surface area (Å²) in [5.41, 5.74) is 2.97. The number of rotatable bonds is 5. The van der Waals surface area contributed by atoms with Gasteiger partial charge in [-0.25, -0.2) is 4.79 Å². The molecule has 2 aromatic heterocycles. The van der Waals surface area contributed by atoms with Crippen molar-refractivity contribution < 1.29 is 14.3 Å². The molecule has 0 saturated heterocycles. The molecule has 4 rings (SSSR count).